The highest BCUT2D eigenvalue weighted by Gasteiger charge is 2.26. The van der Waals surface area contributed by atoms with E-state index in [1.807, 2.05) is 12.3 Å². The number of aryl methyl sites for hydroxylation is 1. The zero-order chi connectivity index (χ0) is 13.1. The molecule has 0 saturated carbocycles. The van der Waals surface area contributed by atoms with Crippen molar-refractivity contribution in [3.05, 3.63) is 23.9 Å². The zero-order valence-electron chi connectivity index (χ0n) is 12.0. The highest BCUT2D eigenvalue weighted by molar-refractivity contribution is 5.46. The summed E-state index contributed by atoms with van der Waals surface area (Å²) in [6.07, 6.45) is 8.76. The van der Waals surface area contributed by atoms with Gasteiger partial charge in [-0.15, -0.1) is 0 Å². The van der Waals surface area contributed by atoms with E-state index in [0.717, 1.165) is 6.04 Å². The fourth-order valence-electron chi connectivity index (χ4n) is 3.53. The molecule has 2 aliphatic rings. The van der Waals surface area contributed by atoms with Gasteiger partial charge in [0.1, 0.15) is 5.82 Å². The summed E-state index contributed by atoms with van der Waals surface area (Å²) >= 11 is 0. The van der Waals surface area contributed by atoms with Gasteiger partial charge in [0, 0.05) is 25.3 Å². The van der Waals surface area contributed by atoms with Crippen LogP contribution in [0.25, 0.3) is 0 Å². The zero-order valence-corrected chi connectivity index (χ0v) is 12.0. The molecule has 104 valence electrons. The lowest BCUT2D eigenvalue weighted by molar-refractivity contribution is 0.141. The predicted octanol–water partition coefficient (Wildman–Crippen LogP) is 2.84. The second kappa shape index (κ2) is 5.91. The highest BCUT2D eigenvalue weighted by atomic mass is 15.2. The summed E-state index contributed by atoms with van der Waals surface area (Å²) in [5.41, 5.74) is 1.30. The molecule has 0 spiro atoms. The van der Waals surface area contributed by atoms with Gasteiger partial charge in [-0.1, -0.05) is 12.5 Å². The fourth-order valence-corrected chi connectivity index (χ4v) is 3.53. The van der Waals surface area contributed by atoms with Gasteiger partial charge in [-0.25, -0.2) is 4.98 Å². The van der Waals surface area contributed by atoms with Crippen molar-refractivity contribution in [2.45, 2.75) is 45.1 Å². The van der Waals surface area contributed by atoms with E-state index in [1.54, 1.807) is 0 Å². The number of nitrogens with zero attached hydrogens (tertiary/aromatic N) is 3. The first-order valence-electron chi connectivity index (χ1n) is 7.75. The molecule has 0 amide bonds. The monoisotopic (exact) mass is 259 g/mol. The number of rotatable bonds is 2. The van der Waals surface area contributed by atoms with Crippen molar-refractivity contribution in [3.63, 3.8) is 0 Å². The van der Waals surface area contributed by atoms with Crippen molar-refractivity contribution in [1.82, 2.24) is 9.88 Å². The average Bonchev–Trinajstić information content (AvgIpc) is 2.49. The molecule has 1 aromatic heterocycles. The van der Waals surface area contributed by atoms with E-state index in [0.29, 0.717) is 0 Å². The lowest BCUT2D eigenvalue weighted by Gasteiger charge is -2.40. The molecule has 3 heteroatoms. The Morgan fingerprint density at radius 1 is 1.05 bits per heavy atom. The van der Waals surface area contributed by atoms with E-state index in [4.69, 9.17) is 0 Å². The molecule has 1 aromatic rings. The van der Waals surface area contributed by atoms with Crippen LogP contribution in [0.2, 0.25) is 0 Å². The summed E-state index contributed by atoms with van der Waals surface area (Å²) in [5.74, 6) is 1.19. The van der Waals surface area contributed by atoms with Crippen LogP contribution in [0.1, 0.15) is 37.7 Å². The molecule has 0 bridgehead atoms. The molecule has 0 atom stereocenters. The maximum atomic E-state index is 4.55. The molecule has 19 heavy (non-hydrogen) atoms. The number of aromatic nitrogens is 1. The largest absolute Gasteiger partial charge is 0.356 e. The van der Waals surface area contributed by atoms with E-state index < -0.39 is 0 Å². The Morgan fingerprint density at radius 3 is 2.47 bits per heavy atom. The van der Waals surface area contributed by atoms with Gasteiger partial charge in [-0.3, -0.25) is 0 Å². The predicted molar refractivity (Wildman–Crippen MR) is 79.6 cm³/mol. The molecule has 0 radical (unpaired) electrons. The number of pyridine rings is 1. The third kappa shape index (κ3) is 2.92. The molecule has 2 aliphatic heterocycles. The minimum atomic E-state index is 0.820. The molecule has 2 saturated heterocycles. The van der Waals surface area contributed by atoms with E-state index in [2.05, 4.69) is 27.8 Å². The van der Waals surface area contributed by atoms with Crippen molar-refractivity contribution in [3.8, 4) is 0 Å². The van der Waals surface area contributed by atoms with Gasteiger partial charge in [-0.05, 0) is 57.3 Å². The van der Waals surface area contributed by atoms with Gasteiger partial charge < -0.3 is 9.80 Å². The molecular weight excluding hydrogens is 234 g/mol. The van der Waals surface area contributed by atoms with Crippen LogP contribution >= 0.6 is 0 Å². The van der Waals surface area contributed by atoms with Crippen LogP contribution in [0.4, 0.5) is 5.82 Å². The lowest BCUT2D eigenvalue weighted by atomic mass is 9.99. The lowest BCUT2D eigenvalue weighted by Crippen LogP contribution is -2.47. The van der Waals surface area contributed by atoms with Crippen LogP contribution in [-0.2, 0) is 0 Å². The normalized spacial score (nSPS) is 22.7. The first kappa shape index (κ1) is 12.9. The average molecular weight is 259 g/mol. The van der Waals surface area contributed by atoms with Crippen molar-refractivity contribution < 1.29 is 0 Å². The minimum absolute atomic E-state index is 0.820. The van der Waals surface area contributed by atoms with Gasteiger partial charge >= 0.3 is 0 Å². The summed E-state index contributed by atoms with van der Waals surface area (Å²) in [5, 5.41) is 0. The van der Waals surface area contributed by atoms with Gasteiger partial charge in [0.25, 0.3) is 0 Å². The van der Waals surface area contributed by atoms with Crippen molar-refractivity contribution in [1.29, 1.82) is 0 Å². The van der Waals surface area contributed by atoms with Crippen LogP contribution in [0, 0.1) is 6.92 Å². The van der Waals surface area contributed by atoms with E-state index >= 15 is 0 Å². The van der Waals surface area contributed by atoms with E-state index in [9.17, 15) is 0 Å². The van der Waals surface area contributed by atoms with Gasteiger partial charge in [0.15, 0.2) is 0 Å². The number of anilines is 1. The molecule has 0 N–H and O–H groups in total. The standard InChI is InChI=1S/C16H25N3/c1-14-6-5-9-17-16(14)19-12-7-15(8-13-19)18-10-3-2-4-11-18/h5-6,9,15H,2-4,7-8,10-13H2,1H3. The van der Waals surface area contributed by atoms with Crippen LogP contribution in [0.15, 0.2) is 18.3 Å². The molecule has 3 nitrogen and oxygen atoms in total. The van der Waals surface area contributed by atoms with E-state index in [-0.39, 0.29) is 0 Å². The molecular formula is C16H25N3. The Kier molecular flexibility index (Phi) is 4.02. The van der Waals surface area contributed by atoms with Crippen LogP contribution in [0.3, 0.4) is 0 Å². The number of likely N-dealkylation sites (tertiary alicyclic amines) is 1. The Labute approximate surface area is 116 Å². The SMILES string of the molecule is Cc1cccnc1N1CCC(N2CCCCC2)CC1. The van der Waals surface area contributed by atoms with Crippen LogP contribution in [0.5, 0.6) is 0 Å². The third-order valence-corrected chi connectivity index (χ3v) is 4.65. The molecule has 0 aliphatic carbocycles. The Morgan fingerprint density at radius 2 is 1.79 bits per heavy atom. The van der Waals surface area contributed by atoms with E-state index in [1.165, 1.54) is 69.7 Å². The molecule has 0 aromatic carbocycles. The quantitative estimate of drug-likeness (QED) is 0.814. The molecule has 2 fully saturated rings. The van der Waals surface area contributed by atoms with Crippen molar-refractivity contribution in [2.75, 3.05) is 31.1 Å². The first-order chi connectivity index (χ1) is 9.34. The van der Waals surface area contributed by atoms with Gasteiger partial charge in [0.05, 0.1) is 0 Å². The summed E-state index contributed by atoms with van der Waals surface area (Å²) in [6, 6.07) is 5.01. The van der Waals surface area contributed by atoms with Crippen molar-refractivity contribution in [2.24, 2.45) is 0 Å². The highest BCUT2D eigenvalue weighted by Crippen LogP contribution is 2.25. The Balaban J connectivity index is 1.58. The summed E-state index contributed by atoms with van der Waals surface area (Å²) in [4.78, 5) is 9.75. The molecule has 3 rings (SSSR count). The maximum absolute atomic E-state index is 4.55. The second-order valence-electron chi connectivity index (χ2n) is 5.96. The molecule has 3 heterocycles. The molecule has 0 unspecified atom stereocenters. The fraction of sp³-hybridized carbons (Fsp3) is 0.688. The maximum Gasteiger partial charge on any atom is 0.131 e. The third-order valence-electron chi connectivity index (χ3n) is 4.65. The minimum Gasteiger partial charge on any atom is -0.356 e. The summed E-state index contributed by atoms with van der Waals surface area (Å²) < 4.78 is 0. The topological polar surface area (TPSA) is 19.4 Å². The van der Waals surface area contributed by atoms with Crippen LogP contribution < -0.4 is 4.90 Å². The summed E-state index contributed by atoms with van der Waals surface area (Å²) in [7, 11) is 0. The smallest absolute Gasteiger partial charge is 0.131 e. The Hall–Kier alpha value is -1.09. The van der Waals surface area contributed by atoms with Gasteiger partial charge in [0.2, 0.25) is 0 Å². The second-order valence-corrected chi connectivity index (χ2v) is 5.96. The number of piperidine rings is 2. The summed E-state index contributed by atoms with van der Waals surface area (Å²) in [6.45, 7) is 7.15. The van der Waals surface area contributed by atoms with Crippen LogP contribution in [-0.4, -0.2) is 42.1 Å². The number of hydrogen-bond acceptors (Lipinski definition) is 3. The van der Waals surface area contributed by atoms with Crippen molar-refractivity contribution >= 4 is 5.82 Å². The van der Waals surface area contributed by atoms with Gasteiger partial charge in [-0.2, -0.15) is 0 Å². The first-order valence-corrected chi connectivity index (χ1v) is 7.75. The Bertz CT molecular complexity index is 404. The number of hydrogen-bond donors (Lipinski definition) is 0.